The third-order valence-electron chi connectivity index (χ3n) is 7.37. The number of carbonyl (C=O) groups excluding carboxylic acids is 7. The highest BCUT2D eigenvalue weighted by molar-refractivity contribution is 6.12. The van der Waals surface area contributed by atoms with E-state index in [2.05, 4.69) is 16.0 Å². The first-order valence-electron chi connectivity index (χ1n) is 16.1. The van der Waals surface area contributed by atoms with Gasteiger partial charge < -0.3 is 30.3 Å². The summed E-state index contributed by atoms with van der Waals surface area (Å²) in [5.41, 5.74) is 0.522. The van der Waals surface area contributed by atoms with E-state index in [1.54, 1.807) is 58.9 Å². The van der Waals surface area contributed by atoms with Gasteiger partial charge in [-0.3, -0.25) is 33.7 Å². The van der Waals surface area contributed by atoms with Crippen LogP contribution >= 0.6 is 0 Å². The Hall–Kier alpha value is -4.75. The Labute approximate surface area is 286 Å². The highest BCUT2D eigenvalue weighted by atomic mass is 16.6. The van der Waals surface area contributed by atoms with Gasteiger partial charge in [-0.1, -0.05) is 32.4 Å². The van der Waals surface area contributed by atoms with Crippen molar-refractivity contribution >= 4 is 47.3 Å². The lowest BCUT2D eigenvalue weighted by Crippen LogP contribution is -2.53. The van der Waals surface area contributed by atoms with Crippen LogP contribution in [0.25, 0.3) is 0 Å². The molecule has 1 aromatic rings. The van der Waals surface area contributed by atoms with Crippen LogP contribution in [0.2, 0.25) is 0 Å². The summed E-state index contributed by atoms with van der Waals surface area (Å²) in [5.74, 6) is -2.53. The SMILES string of the molecule is CC(C)[C@H](NC(=O)CCCCCN1C(=O)C=CC1=O)C(=O)N[C@@H](C)C(=O)Nc1ccc(COC(=O)N(C)CCOC(=O)C(C)(C)C)cc1.[HH].[HH].[HH]. The second-order valence-corrected chi connectivity index (χ2v) is 13.0. The van der Waals surface area contributed by atoms with Gasteiger partial charge in [0.15, 0.2) is 0 Å². The number of amides is 6. The van der Waals surface area contributed by atoms with E-state index in [1.807, 2.05) is 0 Å². The fourth-order valence-electron chi connectivity index (χ4n) is 4.31. The van der Waals surface area contributed by atoms with Crippen LogP contribution in [-0.2, 0) is 44.8 Å². The minimum absolute atomic E-state index is 0. The van der Waals surface area contributed by atoms with Crippen LogP contribution in [0, 0.1) is 11.3 Å². The number of benzene rings is 1. The topological polar surface area (TPSA) is 181 Å². The number of rotatable bonds is 17. The van der Waals surface area contributed by atoms with Gasteiger partial charge in [0.2, 0.25) is 17.7 Å². The molecule has 14 heteroatoms. The van der Waals surface area contributed by atoms with Crippen LogP contribution in [-0.4, -0.2) is 90.2 Å². The fraction of sp³-hybridized carbons (Fsp3) is 0.559. The Bertz CT molecular complexity index is 1350. The molecule has 0 saturated heterocycles. The molecule has 2 atom stereocenters. The summed E-state index contributed by atoms with van der Waals surface area (Å²) in [6, 6.07) is 4.90. The summed E-state index contributed by atoms with van der Waals surface area (Å²) in [6.07, 6.45) is 3.78. The van der Waals surface area contributed by atoms with Crippen molar-refractivity contribution in [2.45, 2.75) is 85.9 Å². The second-order valence-electron chi connectivity index (χ2n) is 13.0. The molecule has 0 fully saturated rings. The minimum Gasteiger partial charge on any atom is -0.463 e. The van der Waals surface area contributed by atoms with Gasteiger partial charge in [0, 0.05) is 42.1 Å². The normalized spacial score (nSPS) is 14.0. The maximum atomic E-state index is 13.0. The predicted molar refractivity (Wildman–Crippen MR) is 183 cm³/mol. The van der Waals surface area contributed by atoms with Gasteiger partial charge in [-0.25, -0.2) is 4.79 Å². The van der Waals surface area contributed by atoms with E-state index < -0.39 is 35.4 Å². The monoisotopic (exact) mass is 677 g/mol. The summed E-state index contributed by atoms with van der Waals surface area (Å²) < 4.78 is 10.5. The van der Waals surface area contributed by atoms with Gasteiger partial charge in [0.25, 0.3) is 11.8 Å². The van der Waals surface area contributed by atoms with Crippen LogP contribution in [0.15, 0.2) is 36.4 Å². The lowest BCUT2D eigenvalue weighted by atomic mass is 9.97. The molecular weight excluding hydrogens is 622 g/mol. The van der Waals surface area contributed by atoms with E-state index in [1.165, 1.54) is 31.0 Å². The number of hydrogen-bond donors (Lipinski definition) is 3. The van der Waals surface area contributed by atoms with E-state index in [9.17, 15) is 33.6 Å². The van der Waals surface area contributed by atoms with Crippen LogP contribution in [0.5, 0.6) is 0 Å². The van der Waals surface area contributed by atoms with Crippen molar-refractivity contribution in [2.75, 3.05) is 32.1 Å². The van der Waals surface area contributed by atoms with Gasteiger partial charge in [-0.2, -0.15) is 0 Å². The molecule has 2 rings (SSSR count). The van der Waals surface area contributed by atoms with Gasteiger partial charge in [0.05, 0.1) is 12.0 Å². The Morgan fingerprint density at radius 2 is 1.50 bits per heavy atom. The summed E-state index contributed by atoms with van der Waals surface area (Å²) in [5, 5.41) is 8.12. The molecule has 14 nitrogen and oxygen atoms in total. The van der Waals surface area contributed by atoms with Crippen molar-refractivity contribution < 1.29 is 47.3 Å². The summed E-state index contributed by atoms with van der Waals surface area (Å²) in [6.45, 7) is 10.9. The summed E-state index contributed by atoms with van der Waals surface area (Å²) in [4.78, 5) is 88.1. The molecule has 0 radical (unpaired) electrons. The molecule has 0 saturated carbocycles. The van der Waals surface area contributed by atoms with E-state index in [0.29, 0.717) is 37.1 Å². The number of esters is 1. The average molecular weight is 678 g/mol. The molecule has 1 aliphatic heterocycles. The standard InChI is InChI=1S/C34H49N5O9.3H2/c1-22(2)29(37-26(40)11-9-8-10-18-39-27(41)16-17-28(39)42)31(44)35-23(3)30(43)36-25-14-12-24(13-15-25)21-48-33(46)38(7)19-20-47-32(45)34(4,5)6;;;/h12-17,22-23,29H,8-11,18-21H2,1-7H3,(H,35,44)(H,36,43)(H,37,40);3*1H/t23-,29-;;;/m0.../s1. The first-order valence-corrected chi connectivity index (χ1v) is 16.1. The lowest BCUT2D eigenvalue weighted by Gasteiger charge is -2.24. The molecular formula is C34H55N5O9. The molecule has 6 amide bonds. The molecule has 3 N–H and O–H groups in total. The van der Waals surface area contributed by atoms with Crippen molar-refractivity contribution in [1.82, 2.24) is 20.4 Å². The maximum Gasteiger partial charge on any atom is 0.409 e. The minimum atomic E-state index is -0.903. The Morgan fingerprint density at radius 1 is 0.875 bits per heavy atom. The smallest absolute Gasteiger partial charge is 0.409 e. The van der Waals surface area contributed by atoms with E-state index in [-0.39, 0.29) is 60.1 Å². The van der Waals surface area contributed by atoms with Crippen molar-refractivity contribution in [3.63, 3.8) is 0 Å². The van der Waals surface area contributed by atoms with Crippen LogP contribution < -0.4 is 16.0 Å². The van der Waals surface area contributed by atoms with Crippen molar-refractivity contribution in [3.05, 3.63) is 42.0 Å². The largest absolute Gasteiger partial charge is 0.463 e. The molecule has 1 aliphatic rings. The number of imide groups is 1. The van der Waals surface area contributed by atoms with E-state index >= 15 is 0 Å². The summed E-state index contributed by atoms with van der Waals surface area (Å²) >= 11 is 0. The molecule has 0 bridgehead atoms. The molecule has 1 aromatic carbocycles. The number of likely N-dealkylation sites (N-methyl/N-ethyl adjacent to an activating group) is 1. The average Bonchev–Trinajstić information content (AvgIpc) is 3.34. The van der Waals surface area contributed by atoms with Crippen molar-refractivity contribution in [1.29, 1.82) is 0 Å². The Kier molecular flexibility index (Phi) is 15.2. The van der Waals surface area contributed by atoms with Crippen LogP contribution in [0.1, 0.15) is 77.1 Å². The quantitative estimate of drug-likeness (QED) is 0.126. The zero-order valence-electron chi connectivity index (χ0n) is 28.9. The molecule has 1 heterocycles. The van der Waals surface area contributed by atoms with Gasteiger partial charge in [0.1, 0.15) is 25.3 Å². The summed E-state index contributed by atoms with van der Waals surface area (Å²) in [7, 11) is 1.54. The van der Waals surface area contributed by atoms with E-state index in [4.69, 9.17) is 9.47 Å². The lowest BCUT2D eigenvalue weighted by molar-refractivity contribution is -0.153. The number of anilines is 1. The zero-order valence-corrected chi connectivity index (χ0v) is 28.9. The third kappa shape index (κ3) is 13.2. The highest BCUT2D eigenvalue weighted by Gasteiger charge is 2.27. The third-order valence-corrected chi connectivity index (χ3v) is 7.37. The van der Waals surface area contributed by atoms with E-state index in [0.717, 1.165) is 4.90 Å². The molecule has 0 unspecified atom stereocenters. The molecule has 0 aliphatic carbocycles. The van der Waals surface area contributed by atoms with Crippen molar-refractivity contribution in [2.24, 2.45) is 11.3 Å². The number of nitrogens with one attached hydrogen (secondary N) is 3. The van der Waals surface area contributed by atoms with Gasteiger partial charge in [-0.15, -0.1) is 0 Å². The number of unbranched alkanes of at least 4 members (excludes halogenated alkanes) is 2. The first kappa shape index (κ1) is 39.4. The van der Waals surface area contributed by atoms with Crippen LogP contribution in [0.4, 0.5) is 10.5 Å². The Morgan fingerprint density at radius 3 is 2.08 bits per heavy atom. The van der Waals surface area contributed by atoms with Crippen LogP contribution in [0.3, 0.4) is 0 Å². The second kappa shape index (κ2) is 18.6. The first-order chi connectivity index (χ1) is 22.5. The number of ether oxygens (including phenoxy) is 2. The predicted octanol–water partition coefficient (Wildman–Crippen LogP) is 3.65. The molecule has 270 valence electrons. The number of nitrogens with zero attached hydrogens (tertiary/aromatic N) is 2. The maximum absolute atomic E-state index is 13.0. The fourth-order valence-corrected chi connectivity index (χ4v) is 4.31. The van der Waals surface area contributed by atoms with Gasteiger partial charge >= 0.3 is 12.1 Å². The molecule has 0 aromatic heterocycles. The zero-order chi connectivity index (χ0) is 36.0. The molecule has 0 spiro atoms. The number of hydrogen-bond acceptors (Lipinski definition) is 9. The van der Waals surface area contributed by atoms with Crippen molar-refractivity contribution in [3.8, 4) is 0 Å². The Balaban J connectivity index is 0. The highest BCUT2D eigenvalue weighted by Crippen LogP contribution is 2.15. The van der Waals surface area contributed by atoms with Gasteiger partial charge in [-0.05, 0) is 64.2 Å². The molecule has 48 heavy (non-hydrogen) atoms. The number of carbonyl (C=O) groups is 7.